The van der Waals surface area contributed by atoms with Crippen LogP contribution < -0.4 is 0 Å². The van der Waals surface area contributed by atoms with E-state index in [2.05, 4.69) is 4.90 Å². The lowest BCUT2D eigenvalue weighted by Gasteiger charge is -2.32. The molecule has 0 aromatic rings. The highest BCUT2D eigenvalue weighted by atomic mass is 16.6. The largest absolute Gasteiger partial charge is 0.444 e. The number of carbonyl (C=O) groups excluding carboxylic acids is 1. The quantitative estimate of drug-likeness (QED) is 0.816. The normalized spacial score (nSPS) is 29.5. The van der Waals surface area contributed by atoms with Crippen LogP contribution in [0.5, 0.6) is 0 Å². The molecule has 2 heterocycles. The minimum atomic E-state index is -0.731. The second-order valence-electron chi connectivity index (χ2n) is 8.45. The molecule has 0 unspecified atom stereocenters. The SMILES string of the molecule is CC(C)(C)OC(=O)N1CCC[C@@](O)(CN2CC[C@H](CCO)C2)CC1. The maximum absolute atomic E-state index is 12.2. The van der Waals surface area contributed by atoms with Gasteiger partial charge in [-0.1, -0.05) is 0 Å². The van der Waals surface area contributed by atoms with Crippen LogP contribution in [0.25, 0.3) is 0 Å². The molecule has 2 saturated heterocycles. The van der Waals surface area contributed by atoms with Crippen molar-refractivity contribution in [2.24, 2.45) is 5.92 Å². The third-order valence-electron chi connectivity index (χ3n) is 4.99. The lowest BCUT2D eigenvalue weighted by atomic mass is 9.94. The fourth-order valence-electron chi connectivity index (χ4n) is 3.74. The zero-order valence-corrected chi connectivity index (χ0v) is 15.5. The van der Waals surface area contributed by atoms with E-state index in [1.165, 1.54) is 0 Å². The highest BCUT2D eigenvalue weighted by Crippen LogP contribution is 2.28. The molecular weight excluding hydrogens is 308 g/mol. The van der Waals surface area contributed by atoms with Crippen molar-refractivity contribution in [1.29, 1.82) is 0 Å². The molecule has 140 valence electrons. The minimum Gasteiger partial charge on any atom is -0.444 e. The summed E-state index contributed by atoms with van der Waals surface area (Å²) in [6.07, 6.45) is 3.77. The summed E-state index contributed by atoms with van der Waals surface area (Å²) in [4.78, 5) is 16.3. The molecule has 6 heteroatoms. The van der Waals surface area contributed by atoms with Crippen molar-refractivity contribution in [3.63, 3.8) is 0 Å². The van der Waals surface area contributed by atoms with E-state index in [1.54, 1.807) is 4.90 Å². The van der Waals surface area contributed by atoms with Crippen LogP contribution in [-0.4, -0.2) is 76.6 Å². The first-order chi connectivity index (χ1) is 11.2. The molecule has 1 amide bonds. The molecular formula is C18H34N2O4. The first kappa shape index (κ1) is 19.5. The van der Waals surface area contributed by atoms with E-state index < -0.39 is 11.2 Å². The monoisotopic (exact) mass is 342 g/mol. The Morgan fingerprint density at radius 1 is 1.25 bits per heavy atom. The van der Waals surface area contributed by atoms with Crippen molar-refractivity contribution in [1.82, 2.24) is 9.80 Å². The first-order valence-electron chi connectivity index (χ1n) is 9.24. The van der Waals surface area contributed by atoms with Gasteiger partial charge < -0.3 is 24.7 Å². The van der Waals surface area contributed by atoms with Gasteiger partial charge in [0.2, 0.25) is 0 Å². The number of nitrogens with zero attached hydrogens (tertiary/aromatic N) is 2. The molecule has 0 aromatic carbocycles. The van der Waals surface area contributed by atoms with Crippen molar-refractivity contribution in [2.75, 3.05) is 39.3 Å². The van der Waals surface area contributed by atoms with Crippen molar-refractivity contribution < 1.29 is 19.7 Å². The van der Waals surface area contributed by atoms with E-state index in [4.69, 9.17) is 9.84 Å². The zero-order valence-electron chi connectivity index (χ0n) is 15.5. The van der Waals surface area contributed by atoms with E-state index in [9.17, 15) is 9.90 Å². The van der Waals surface area contributed by atoms with Gasteiger partial charge >= 0.3 is 6.09 Å². The third-order valence-corrected chi connectivity index (χ3v) is 4.99. The number of β-amino-alcohol motifs (C(OH)–C–C–N with tert-alkyl or cyclic N) is 1. The number of ether oxygens (including phenoxy) is 1. The smallest absolute Gasteiger partial charge is 0.410 e. The number of carbonyl (C=O) groups is 1. The van der Waals surface area contributed by atoms with E-state index in [0.29, 0.717) is 38.4 Å². The molecule has 0 bridgehead atoms. The maximum atomic E-state index is 12.2. The van der Waals surface area contributed by atoms with Crippen LogP contribution in [0.1, 0.15) is 52.9 Å². The molecule has 2 aliphatic heterocycles. The van der Waals surface area contributed by atoms with Gasteiger partial charge in [-0.2, -0.15) is 0 Å². The fourth-order valence-corrected chi connectivity index (χ4v) is 3.74. The van der Waals surface area contributed by atoms with Gasteiger partial charge in [0.25, 0.3) is 0 Å². The number of aliphatic hydroxyl groups excluding tert-OH is 1. The van der Waals surface area contributed by atoms with Gasteiger partial charge in [0, 0.05) is 32.8 Å². The molecule has 6 nitrogen and oxygen atoms in total. The van der Waals surface area contributed by atoms with Gasteiger partial charge in [0.05, 0.1) is 5.60 Å². The van der Waals surface area contributed by atoms with Gasteiger partial charge in [-0.15, -0.1) is 0 Å². The Morgan fingerprint density at radius 2 is 2.00 bits per heavy atom. The van der Waals surface area contributed by atoms with Crippen LogP contribution in [0.2, 0.25) is 0 Å². The molecule has 2 rings (SSSR count). The number of hydrogen-bond donors (Lipinski definition) is 2. The molecule has 24 heavy (non-hydrogen) atoms. The fraction of sp³-hybridized carbons (Fsp3) is 0.944. The third kappa shape index (κ3) is 5.90. The van der Waals surface area contributed by atoms with Gasteiger partial charge in [0.1, 0.15) is 5.60 Å². The van der Waals surface area contributed by atoms with E-state index in [-0.39, 0.29) is 12.7 Å². The highest BCUT2D eigenvalue weighted by molar-refractivity contribution is 5.68. The van der Waals surface area contributed by atoms with Gasteiger partial charge in [-0.3, -0.25) is 0 Å². The number of amides is 1. The Bertz CT molecular complexity index is 424. The van der Waals surface area contributed by atoms with Crippen molar-refractivity contribution in [3.05, 3.63) is 0 Å². The lowest BCUT2D eigenvalue weighted by Crippen LogP contribution is -2.43. The predicted octanol–water partition coefficient (Wildman–Crippen LogP) is 1.84. The second kappa shape index (κ2) is 8.02. The van der Waals surface area contributed by atoms with Crippen LogP contribution in [0.3, 0.4) is 0 Å². The number of hydrogen-bond acceptors (Lipinski definition) is 5. The van der Waals surface area contributed by atoms with Crippen molar-refractivity contribution >= 4 is 6.09 Å². The van der Waals surface area contributed by atoms with Crippen molar-refractivity contribution in [2.45, 2.75) is 64.1 Å². The number of rotatable bonds is 4. The van der Waals surface area contributed by atoms with Crippen LogP contribution in [0.4, 0.5) is 4.79 Å². The molecule has 2 aliphatic rings. The molecule has 0 aliphatic carbocycles. The van der Waals surface area contributed by atoms with Crippen molar-refractivity contribution in [3.8, 4) is 0 Å². The van der Waals surface area contributed by atoms with E-state index >= 15 is 0 Å². The van der Waals surface area contributed by atoms with Gasteiger partial charge in [0.15, 0.2) is 0 Å². The Labute approximate surface area is 145 Å². The van der Waals surface area contributed by atoms with Crippen LogP contribution >= 0.6 is 0 Å². The summed E-state index contributed by atoms with van der Waals surface area (Å²) in [5.41, 5.74) is -1.22. The Morgan fingerprint density at radius 3 is 2.67 bits per heavy atom. The van der Waals surface area contributed by atoms with Crippen LogP contribution in [0.15, 0.2) is 0 Å². The molecule has 0 radical (unpaired) electrons. The Kier molecular flexibility index (Phi) is 6.51. The number of likely N-dealkylation sites (tertiary alicyclic amines) is 2. The summed E-state index contributed by atoms with van der Waals surface area (Å²) in [6.45, 7) is 9.65. The lowest BCUT2D eigenvalue weighted by molar-refractivity contribution is -0.00623. The first-order valence-corrected chi connectivity index (χ1v) is 9.24. The average molecular weight is 342 g/mol. The van der Waals surface area contributed by atoms with E-state index in [1.807, 2.05) is 20.8 Å². The molecule has 2 N–H and O–H groups in total. The molecule has 2 fully saturated rings. The molecule has 0 saturated carbocycles. The predicted molar refractivity (Wildman–Crippen MR) is 92.9 cm³/mol. The van der Waals surface area contributed by atoms with Crippen LogP contribution in [0, 0.1) is 5.92 Å². The van der Waals surface area contributed by atoms with Gasteiger partial charge in [-0.05, 0) is 65.3 Å². The summed E-state index contributed by atoms with van der Waals surface area (Å²) >= 11 is 0. The summed E-state index contributed by atoms with van der Waals surface area (Å²) in [5.74, 6) is 0.544. The average Bonchev–Trinajstić information content (AvgIpc) is 2.77. The molecule has 0 spiro atoms. The second-order valence-corrected chi connectivity index (χ2v) is 8.45. The zero-order chi connectivity index (χ0) is 17.8. The number of aliphatic hydroxyl groups is 2. The molecule has 0 aromatic heterocycles. The summed E-state index contributed by atoms with van der Waals surface area (Å²) in [5, 5.41) is 20.1. The molecule has 2 atom stereocenters. The highest BCUT2D eigenvalue weighted by Gasteiger charge is 2.36. The van der Waals surface area contributed by atoms with E-state index in [0.717, 1.165) is 32.4 Å². The van der Waals surface area contributed by atoms with Gasteiger partial charge in [-0.25, -0.2) is 4.79 Å². The van der Waals surface area contributed by atoms with Crippen LogP contribution in [-0.2, 0) is 4.74 Å². The standard InChI is InChI=1S/C18H34N2O4/c1-17(2,3)24-16(22)20-9-4-7-18(23,8-11-20)14-19-10-5-15(13-19)6-12-21/h15,21,23H,4-14H2,1-3H3/t15-,18+/m1/s1. The topological polar surface area (TPSA) is 73.2 Å². The summed E-state index contributed by atoms with van der Waals surface area (Å²) in [6, 6.07) is 0. The summed E-state index contributed by atoms with van der Waals surface area (Å²) < 4.78 is 5.45. The minimum absolute atomic E-state index is 0.244. The Balaban J connectivity index is 1.84. The maximum Gasteiger partial charge on any atom is 0.410 e. The Hall–Kier alpha value is -0.850. The summed E-state index contributed by atoms with van der Waals surface area (Å²) in [7, 11) is 0.